The van der Waals surface area contributed by atoms with E-state index in [0.717, 1.165) is 23.4 Å². The van der Waals surface area contributed by atoms with Crippen molar-refractivity contribution in [2.45, 2.75) is 52.0 Å². The molecule has 1 N–H and O–H groups in total. The molecule has 0 heterocycles. The highest BCUT2D eigenvalue weighted by molar-refractivity contribution is 6.30. The van der Waals surface area contributed by atoms with Gasteiger partial charge in [0.2, 0.25) is 0 Å². The Hall–Kier alpha value is -0.530. The summed E-state index contributed by atoms with van der Waals surface area (Å²) in [6.07, 6.45) is 5.44. The summed E-state index contributed by atoms with van der Waals surface area (Å²) >= 11 is 6.15. The number of benzene rings is 1. The third-order valence-electron chi connectivity index (χ3n) is 4.92. The highest BCUT2D eigenvalue weighted by Crippen LogP contribution is 2.60. The smallest absolute Gasteiger partial charge is 0.0408 e. The Morgan fingerprint density at radius 3 is 2.55 bits per heavy atom. The normalized spacial score (nSPS) is 32.2. The van der Waals surface area contributed by atoms with E-state index in [0.29, 0.717) is 5.41 Å². The van der Waals surface area contributed by atoms with Gasteiger partial charge in [-0.1, -0.05) is 23.7 Å². The molecule has 0 aliphatic heterocycles. The van der Waals surface area contributed by atoms with E-state index in [9.17, 15) is 0 Å². The predicted molar refractivity (Wildman–Crippen MR) is 86.2 cm³/mol. The van der Waals surface area contributed by atoms with Crippen LogP contribution in [0.25, 0.3) is 0 Å². The van der Waals surface area contributed by atoms with Crippen LogP contribution in [0.2, 0.25) is 5.02 Å². The largest absolute Gasteiger partial charge is 0.312 e. The number of hydrogen-bond acceptors (Lipinski definition) is 1. The van der Waals surface area contributed by atoms with E-state index < -0.39 is 0 Å². The lowest BCUT2D eigenvalue weighted by Gasteiger charge is -2.35. The first-order valence-electron chi connectivity index (χ1n) is 7.85. The van der Waals surface area contributed by atoms with Crippen LogP contribution < -0.4 is 5.32 Å². The average Bonchev–Trinajstić information content (AvgIpc) is 2.95. The summed E-state index contributed by atoms with van der Waals surface area (Å²) in [5.41, 5.74) is 2.05. The zero-order valence-corrected chi connectivity index (χ0v) is 13.6. The number of fused-ring (bicyclic) bond motifs is 1. The van der Waals surface area contributed by atoms with Gasteiger partial charge in [0.05, 0.1) is 0 Å². The molecule has 0 spiro atoms. The minimum Gasteiger partial charge on any atom is -0.312 e. The van der Waals surface area contributed by atoms with Crippen LogP contribution in [0.4, 0.5) is 0 Å². The molecule has 2 aliphatic carbocycles. The molecule has 0 bridgehead atoms. The third kappa shape index (κ3) is 3.38. The molecule has 1 aromatic carbocycles. The Labute approximate surface area is 128 Å². The lowest BCUT2D eigenvalue weighted by Crippen LogP contribution is -2.44. The van der Waals surface area contributed by atoms with Gasteiger partial charge in [-0.2, -0.15) is 0 Å². The maximum atomic E-state index is 6.15. The minimum absolute atomic E-state index is 0.202. The van der Waals surface area contributed by atoms with Crippen LogP contribution in [0.1, 0.15) is 45.6 Å². The van der Waals surface area contributed by atoms with Gasteiger partial charge in [-0.25, -0.2) is 0 Å². The van der Waals surface area contributed by atoms with Crippen molar-refractivity contribution >= 4 is 11.6 Å². The molecular formula is C18H26ClN. The van der Waals surface area contributed by atoms with Gasteiger partial charge >= 0.3 is 0 Å². The van der Waals surface area contributed by atoms with Crippen LogP contribution >= 0.6 is 11.6 Å². The van der Waals surface area contributed by atoms with E-state index in [1.807, 2.05) is 6.07 Å². The Balaban J connectivity index is 1.73. The monoisotopic (exact) mass is 291 g/mol. The van der Waals surface area contributed by atoms with E-state index in [1.54, 1.807) is 0 Å². The lowest BCUT2D eigenvalue weighted by atomic mass is 9.77. The van der Waals surface area contributed by atoms with Crippen molar-refractivity contribution in [2.24, 2.45) is 17.3 Å². The van der Waals surface area contributed by atoms with Crippen molar-refractivity contribution in [1.29, 1.82) is 0 Å². The molecule has 110 valence electrons. The summed E-state index contributed by atoms with van der Waals surface area (Å²) in [7, 11) is 0. The summed E-state index contributed by atoms with van der Waals surface area (Å²) in [4.78, 5) is 0. The molecule has 0 aromatic heterocycles. The Morgan fingerprint density at radius 1 is 1.25 bits per heavy atom. The van der Waals surface area contributed by atoms with Gasteiger partial charge in [-0.15, -0.1) is 0 Å². The van der Waals surface area contributed by atoms with Crippen LogP contribution in [-0.4, -0.2) is 12.1 Å². The fourth-order valence-electron chi connectivity index (χ4n) is 3.89. The first kappa shape index (κ1) is 14.4. The van der Waals surface area contributed by atoms with Gasteiger partial charge in [0.15, 0.2) is 0 Å². The number of nitrogens with one attached hydrogen (secondary N) is 1. The first-order valence-corrected chi connectivity index (χ1v) is 8.23. The lowest BCUT2D eigenvalue weighted by molar-refractivity contribution is 0.222. The highest BCUT2D eigenvalue weighted by atomic mass is 35.5. The quantitative estimate of drug-likeness (QED) is 0.849. The molecule has 0 amide bonds. The molecule has 2 heteroatoms. The predicted octanol–water partition coefficient (Wildman–Crippen LogP) is 4.69. The Morgan fingerprint density at radius 2 is 1.95 bits per heavy atom. The molecule has 0 radical (unpaired) electrons. The average molecular weight is 292 g/mol. The molecule has 2 unspecified atom stereocenters. The van der Waals surface area contributed by atoms with Gasteiger partial charge in [-0.05, 0) is 81.4 Å². The molecule has 2 saturated carbocycles. The van der Waals surface area contributed by atoms with Crippen molar-refractivity contribution < 1.29 is 0 Å². The molecule has 1 nitrogen and oxygen atoms in total. The number of rotatable bonds is 4. The second-order valence-electron chi connectivity index (χ2n) is 8.07. The van der Waals surface area contributed by atoms with Gasteiger partial charge in [0.25, 0.3) is 0 Å². The van der Waals surface area contributed by atoms with E-state index in [4.69, 9.17) is 11.6 Å². The van der Waals surface area contributed by atoms with Crippen LogP contribution in [-0.2, 0) is 6.42 Å². The van der Waals surface area contributed by atoms with E-state index >= 15 is 0 Å². The molecular weight excluding hydrogens is 266 g/mol. The van der Waals surface area contributed by atoms with Crippen molar-refractivity contribution in [3.63, 3.8) is 0 Å². The standard InChI is InChI=1S/C18H26ClN/c1-17(2,3)20-12-18(10-14-8-15(14)11-18)9-13-5-4-6-16(19)7-13/h4-7,14-15,20H,8-12H2,1-3H3. The van der Waals surface area contributed by atoms with E-state index in [2.05, 4.69) is 44.3 Å². The molecule has 20 heavy (non-hydrogen) atoms. The van der Waals surface area contributed by atoms with Crippen LogP contribution in [0.3, 0.4) is 0 Å². The molecule has 2 aliphatic rings. The van der Waals surface area contributed by atoms with E-state index in [-0.39, 0.29) is 5.54 Å². The molecule has 1 aromatic rings. The maximum Gasteiger partial charge on any atom is 0.0408 e. The van der Waals surface area contributed by atoms with Gasteiger partial charge in [-0.3, -0.25) is 0 Å². The zero-order chi connectivity index (χ0) is 14.4. The van der Waals surface area contributed by atoms with Gasteiger partial charge < -0.3 is 5.32 Å². The van der Waals surface area contributed by atoms with Crippen molar-refractivity contribution in [1.82, 2.24) is 5.32 Å². The van der Waals surface area contributed by atoms with Crippen LogP contribution in [0.5, 0.6) is 0 Å². The number of halogens is 1. The second-order valence-corrected chi connectivity index (χ2v) is 8.51. The fourth-order valence-corrected chi connectivity index (χ4v) is 4.10. The third-order valence-corrected chi connectivity index (χ3v) is 5.16. The van der Waals surface area contributed by atoms with Crippen molar-refractivity contribution in [3.8, 4) is 0 Å². The first-order chi connectivity index (χ1) is 9.35. The molecule has 0 saturated heterocycles. The summed E-state index contributed by atoms with van der Waals surface area (Å²) in [6.45, 7) is 7.91. The zero-order valence-electron chi connectivity index (χ0n) is 12.9. The summed E-state index contributed by atoms with van der Waals surface area (Å²) in [5.74, 6) is 2.02. The van der Waals surface area contributed by atoms with Crippen LogP contribution in [0, 0.1) is 17.3 Å². The fraction of sp³-hybridized carbons (Fsp3) is 0.667. The summed E-state index contributed by atoms with van der Waals surface area (Å²) < 4.78 is 0. The minimum atomic E-state index is 0.202. The van der Waals surface area contributed by atoms with Gasteiger partial charge in [0.1, 0.15) is 0 Å². The highest BCUT2D eigenvalue weighted by Gasteiger charge is 2.53. The molecule has 2 fully saturated rings. The summed E-state index contributed by atoms with van der Waals surface area (Å²) in [5, 5.41) is 4.61. The summed E-state index contributed by atoms with van der Waals surface area (Å²) in [6, 6.07) is 8.43. The van der Waals surface area contributed by atoms with Crippen molar-refractivity contribution in [2.75, 3.05) is 6.54 Å². The van der Waals surface area contributed by atoms with Gasteiger partial charge in [0, 0.05) is 17.1 Å². The molecule has 3 rings (SSSR count). The maximum absolute atomic E-state index is 6.15. The second kappa shape index (κ2) is 5.03. The van der Waals surface area contributed by atoms with Crippen LogP contribution in [0.15, 0.2) is 24.3 Å². The Bertz CT molecular complexity index is 478. The molecule has 2 atom stereocenters. The topological polar surface area (TPSA) is 12.0 Å². The van der Waals surface area contributed by atoms with E-state index in [1.165, 1.54) is 31.2 Å². The van der Waals surface area contributed by atoms with Crippen molar-refractivity contribution in [3.05, 3.63) is 34.9 Å². The SMILES string of the molecule is CC(C)(C)NCC1(Cc2cccc(Cl)c2)CC2CC2C1. The number of hydrogen-bond donors (Lipinski definition) is 1. The Kier molecular flexibility index (Phi) is 3.63.